The van der Waals surface area contributed by atoms with E-state index in [-0.39, 0.29) is 16.4 Å². The first-order valence-corrected chi connectivity index (χ1v) is 15.3. The number of sulfonamides is 1. The molecule has 0 aliphatic carbocycles. The molecule has 7 nitrogen and oxygen atoms in total. The summed E-state index contributed by atoms with van der Waals surface area (Å²) in [6.45, 7) is 6.75. The Balaban J connectivity index is 1.48. The van der Waals surface area contributed by atoms with E-state index < -0.39 is 22.4 Å². The molecule has 1 fully saturated rings. The van der Waals surface area contributed by atoms with Gasteiger partial charge in [0.05, 0.1) is 17.3 Å². The Kier molecular flexibility index (Phi) is 8.21. The van der Waals surface area contributed by atoms with Crippen molar-refractivity contribution in [2.45, 2.75) is 56.0 Å². The van der Waals surface area contributed by atoms with Crippen LogP contribution >= 0.6 is 34.8 Å². The van der Waals surface area contributed by atoms with E-state index >= 15 is 0 Å². The molecule has 3 aromatic carbocycles. The Labute approximate surface area is 250 Å². The van der Waals surface area contributed by atoms with Crippen LogP contribution in [0.1, 0.15) is 37.9 Å². The molecule has 2 heterocycles. The number of hydrogen-bond acceptors (Lipinski definition) is 5. The first-order valence-electron chi connectivity index (χ1n) is 12.8. The molecule has 4 aromatic rings. The van der Waals surface area contributed by atoms with Crippen molar-refractivity contribution in [2.75, 3.05) is 5.32 Å². The van der Waals surface area contributed by atoms with Crippen LogP contribution in [0.3, 0.4) is 0 Å². The van der Waals surface area contributed by atoms with Gasteiger partial charge in [0.2, 0.25) is 10.0 Å². The third kappa shape index (κ3) is 6.33. The Hall–Kier alpha value is -2.59. The van der Waals surface area contributed by atoms with Gasteiger partial charge in [-0.3, -0.25) is 5.32 Å². The van der Waals surface area contributed by atoms with Crippen LogP contribution in [0.2, 0.25) is 15.1 Å². The molecular weight excluding hydrogens is 589 g/mol. The predicted octanol–water partition coefficient (Wildman–Crippen LogP) is 6.94. The lowest BCUT2D eigenvalue weighted by Gasteiger charge is -2.21. The second kappa shape index (κ2) is 11.4. The van der Waals surface area contributed by atoms with Gasteiger partial charge >= 0.3 is 0 Å². The maximum Gasteiger partial charge on any atom is 0.246 e. The summed E-state index contributed by atoms with van der Waals surface area (Å²) in [7, 11) is -3.85. The van der Waals surface area contributed by atoms with Gasteiger partial charge in [-0.2, -0.15) is 4.31 Å². The van der Waals surface area contributed by atoms with Crippen molar-refractivity contribution in [1.82, 2.24) is 19.2 Å². The molecular formula is C29H30Cl3N5O2S. The van der Waals surface area contributed by atoms with Gasteiger partial charge in [-0.1, -0.05) is 73.8 Å². The van der Waals surface area contributed by atoms with E-state index in [1.165, 1.54) is 4.31 Å². The summed E-state index contributed by atoms with van der Waals surface area (Å²) in [4.78, 5) is 4.37. The number of benzene rings is 3. The topological polar surface area (TPSA) is 79.0 Å². The molecule has 1 aliphatic heterocycles. The van der Waals surface area contributed by atoms with Gasteiger partial charge in [0.25, 0.3) is 0 Å². The average Bonchev–Trinajstić information content (AvgIpc) is 3.31. The zero-order chi connectivity index (χ0) is 28.7. The molecule has 4 unspecified atom stereocenters. The lowest BCUT2D eigenvalue weighted by molar-refractivity contribution is 0.433. The van der Waals surface area contributed by atoms with E-state index in [0.717, 1.165) is 16.8 Å². The molecule has 0 radical (unpaired) electrons. The predicted molar refractivity (Wildman–Crippen MR) is 161 cm³/mol. The summed E-state index contributed by atoms with van der Waals surface area (Å²) in [6, 6.07) is 19.2. The third-order valence-corrected chi connectivity index (χ3v) is 9.57. The number of rotatable bonds is 9. The minimum atomic E-state index is -3.85. The van der Waals surface area contributed by atoms with Crippen LogP contribution in [0.25, 0.3) is 0 Å². The summed E-state index contributed by atoms with van der Waals surface area (Å²) in [6.07, 6.45) is 4.13. The summed E-state index contributed by atoms with van der Waals surface area (Å²) < 4.78 is 31.2. The highest BCUT2D eigenvalue weighted by Gasteiger charge is 2.56. The molecule has 0 bridgehead atoms. The van der Waals surface area contributed by atoms with Crippen molar-refractivity contribution in [3.63, 3.8) is 0 Å². The summed E-state index contributed by atoms with van der Waals surface area (Å²) in [5.74, 6) is 0. The summed E-state index contributed by atoms with van der Waals surface area (Å²) in [5, 5.41) is 8.48. The van der Waals surface area contributed by atoms with Crippen LogP contribution in [0.15, 0.2) is 90.3 Å². The summed E-state index contributed by atoms with van der Waals surface area (Å²) >= 11 is 18.9. The van der Waals surface area contributed by atoms with Crippen LogP contribution < -0.4 is 10.6 Å². The van der Waals surface area contributed by atoms with Gasteiger partial charge < -0.3 is 9.88 Å². The Morgan fingerprint density at radius 1 is 0.925 bits per heavy atom. The fraction of sp³-hybridized carbons (Fsp3) is 0.276. The molecule has 210 valence electrons. The van der Waals surface area contributed by atoms with Crippen molar-refractivity contribution in [2.24, 2.45) is 0 Å². The van der Waals surface area contributed by atoms with Gasteiger partial charge in [-0.05, 0) is 65.1 Å². The fourth-order valence-electron chi connectivity index (χ4n) is 4.62. The van der Waals surface area contributed by atoms with Gasteiger partial charge in [-0.25, -0.2) is 13.4 Å². The van der Waals surface area contributed by atoms with Crippen molar-refractivity contribution in [3.8, 4) is 0 Å². The molecule has 2 N–H and O–H groups in total. The van der Waals surface area contributed by atoms with Crippen LogP contribution in [-0.2, 0) is 22.0 Å². The Morgan fingerprint density at radius 2 is 1.60 bits per heavy atom. The van der Waals surface area contributed by atoms with Crippen LogP contribution in [0, 0.1) is 0 Å². The summed E-state index contributed by atoms with van der Waals surface area (Å²) in [5.41, 5.74) is 2.51. The number of imidazole rings is 1. The first-order chi connectivity index (χ1) is 18.9. The average molecular weight is 619 g/mol. The normalized spacial score (nSPS) is 19.8. The molecule has 0 saturated carbocycles. The standard InChI is InChI=1S/C29H30Cl3N5O2S/c1-29(2,3)19-4-11-23(12-5-19)40(38,39)37-27(34-22-9-6-20(30)7-10-22)28(37)35-26(17-36-15-14-33-18-36)24-13-8-21(31)16-25(24)32/h4-16,18,26-28,34-35H,17H2,1-3H3. The van der Waals surface area contributed by atoms with Gasteiger partial charge in [0.1, 0.15) is 12.3 Å². The molecule has 5 rings (SSSR count). The zero-order valence-electron chi connectivity index (χ0n) is 22.2. The van der Waals surface area contributed by atoms with Crippen LogP contribution in [0.4, 0.5) is 5.69 Å². The fourth-order valence-corrected chi connectivity index (χ4v) is 6.90. The highest BCUT2D eigenvalue weighted by molar-refractivity contribution is 7.89. The molecule has 11 heteroatoms. The number of hydrogen-bond donors (Lipinski definition) is 2. The second-order valence-corrected chi connectivity index (χ2v) is 13.9. The smallest absolute Gasteiger partial charge is 0.246 e. The van der Waals surface area contributed by atoms with Crippen LogP contribution in [-0.4, -0.2) is 34.6 Å². The molecule has 1 aromatic heterocycles. The maximum absolute atomic E-state index is 13.9. The van der Waals surface area contributed by atoms with Gasteiger partial charge in [-0.15, -0.1) is 0 Å². The van der Waals surface area contributed by atoms with Crippen molar-refractivity contribution in [3.05, 3.63) is 112 Å². The highest BCUT2D eigenvalue weighted by atomic mass is 35.5. The monoisotopic (exact) mass is 617 g/mol. The number of nitrogens with one attached hydrogen (secondary N) is 2. The SMILES string of the molecule is CC(C)(C)c1ccc(S(=O)(=O)N2C(Nc3ccc(Cl)cc3)C2NC(Cn2ccnc2)c2ccc(Cl)cc2Cl)cc1. The molecule has 40 heavy (non-hydrogen) atoms. The molecule has 0 spiro atoms. The largest absolute Gasteiger partial charge is 0.366 e. The van der Waals surface area contributed by atoms with Gasteiger partial charge in [0, 0.05) is 39.7 Å². The minimum absolute atomic E-state index is 0.0939. The second-order valence-electron chi connectivity index (χ2n) is 10.8. The van der Waals surface area contributed by atoms with E-state index in [9.17, 15) is 8.42 Å². The minimum Gasteiger partial charge on any atom is -0.366 e. The number of anilines is 1. The van der Waals surface area contributed by atoms with E-state index in [4.69, 9.17) is 34.8 Å². The third-order valence-electron chi connectivity index (χ3n) is 6.87. The zero-order valence-corrected chi connectivity index (χ0v) is 25.3. The lowest BCUT2D eigenvalue weighted by Crippen LogP contribution is -2.32. The number of halogens is 3. The molecule has 4 atom stereocenters. The van der Waals surface area contributed by atoms with E-state index in [1.807, 2.05) is 41.1 Å². The number of nitrogens with zero attached hydrogens (tertiary/aromatic N) is 3. The Morgan fingerprint density at radius 3 is 2.20 bits per heavy atom. The van der Waals surface area contributed by atoms with E-state index in [1.54, 1.807) is 48.9 Å². The highest BCUT2D eigenvalue weighted by Crippen LogP contribution is 2.38. The molecule has 1 saturated heterocycles. The Bertz CT molecular complexity index is 1570. The lowest BCUT2D eigenvalue weighted by atomic mass is 9.87. The number of aromatic nitrogens is 2. The van der Waals surface area contributed by atoms with E-state index in [2.05, 4.69) is 36.4 Å². The maximum atomic E-state index is 13.9. The van der Waals surface area contributed by atoms with Crippen molar-refractivity contribution in [1.29, 1.82) is 0 Å². The van der Waals surface area contributed by atoms with Gasteiger partial charge in [0.15, 0.2) is 0 Å². The quantitative estimate of drug-likeness (QED) is 0.199. The van der Waals surface area contributed by atoms with Crippen LogP contribution in [0.5, 0.6) is 0 Å². The van der Waals surface area contributed by atoms with Crippen molar-refractivity contribution >= 4 is 50.5 Å². The first kappa shape index (κ1) is 28.9. The van der Waals surface area contributed by atoms with E-state index in [0.29, 0.717) is 21.6 Å². The van der Waals surface area contributed by atoms with Crippen molar-refractivity contribution < 1.29 is 8.42 Å². The molecule has 0 amide bonds. The molecule has 1 aliphatic rings.